The van der Waals surface area contributed by atoms with E-state index in [9.17, 15) is 9.18 Å². The van der Waals surface area contributed by atoms with Crippen LogP contribution in [-0.2, 0) is 17.6 Å². The molecule has 0 saturated heterocycles. The minimum Gasteiger partial charge on any atom is -0.358 e. The van der Waals surface area contributed by atoms with Gasteiger partial charge in [0, 0.05) is 47.5 Å². The number of amides is 1. The average molecular weight is 416 g/mol. The number of fused-ring (bicyclic) bond motifs is 1. The molecule has 4 aromatic rings. The SMILES string of the molecule is CC(C)c1ccc2[nH]c(Cc3ccc(F)cc3)c(CCC(=O)Nc3ccncc3)c2c1. The summed E-state index contributed by atoms with van der Waals surface area (Å²) in [6, 6.07) is 16.6. The van der Waals surface area contributed by atoms with Gasteiger partial charge in [-0.2, -0.15) is 0 Å². The molecule has 5 heteroatoms. The maximum Gasteiger partial charge on any atom is 0.224 e. The minimum absolute atomic E-state index is 0.0340. The van der Waals surface area contributed by atoms with Crippen molar-refractivity contribution in [2.45, 2.75) is 39.0 Å². The highest BCUT2D eigenvalue weighted by Crippen LogP contribution is 2.29. The Labute approximate surface area is 181 Å². The second kappa shape index (κ2) is 9.13. The Morgan fingerprint density at radius 2 is 1.81 bits per heavy atom. The van der Waals surface area contributed by atoms with Crippen molar-refractivity contribution in [2.24, 2.45) is 0 Å². The van der Waals surface area contributed by atoms with Crippen molar-refractivity contribution in [1.82, 2.24) is 9.97 Å². The number of H-pyrrole nitrogens is 1. The van der Waals surface area contributed by atoms with Crippen molar-refractivity contribution in [3.8, 4) is 0 Å². The van der Waals surface area contributed by atoms with Gasteiger partial charge in [-0.05, 0) is 65.4 Å². The number of aryl methyl sites for hydroxylation is 1. The number of hydrogen-bond donors (Lipinski definition) is 2. The minimum atomic E-state index is -0.241. The third-order valence-electron chi connectivity index (χ3n) is 5.55. The van der Waals surface area contributed by atoms with Crippen LogP contribution in [0.25, 0.3) is 10.9 Å². The summed E-state index contributed by atoms with van der Waals surface area (Å²) in [5, 5.41) is 4.08. The van der Waals surface area contributed by atoms with E-state index in [1.165, 1.54) is 17.7 Å². The summed E-state index contributed by atoms with van der Waals surface area (Å²) in [6.45, 7) is 4.35. The highest BCUT2D eigenvalue weighted by atomic mass is 19.1. The fraction of sp³-hybridized carbons (Fsp3) is 0.231. The molecular weight excluding hydrogens is 389 g/mol. The Morgan fingerprint density at radius 3 is 2.52 bits per heavy atom. The molecule has 158 valence electrons. The Kier molecular flexibility index (Phi) is 6.12. The first kappa shape index (κ1) is 20.8. The van der Waals surface area contributed by atoms with Gasteiger partial charge in [0.1, 0.15) is 5.82 Å². The van der Waals surface area contributed by atoms with Crippen LogP contribution in [0.2, 0.25) is 0 Å². The lowest BCUT2D eigenvalue weighted by atomic mass is 9.97. The zero-order valence-corrected chi connectivity index (χ0v) is 17.8. The number of pyridine rings is 1. The number of aromatic nitrogens is 2. The van der Waals surface area contributed by atoms with Crippen molar-refractivity contribution < 1.29 is 9.18 Å². The summed E-state index contributed by atoms with van der Waals surface area (Å²) in [6.07, 6.45) is 4.97. The molecule has 2 aromatic carbocycles. The van der Waals surface area contributed by atoms with E-state index in [0.29, 0.717) is 25.2 Å². The average Bonchev–Trinajstić information content (AvgIpc) is 3.10. The van der Waals surface area contributed by atoms with Gasteiger partial charge in [-0.1, -0.05) is 32.0 Å². The molecule has 0 aliphatic heterocycles. The highest BCUT2D eigenvalue weighted by molar-refractivity contribution is 5.92. The number of halogens is 1. The normalized spacial score (nSPS) is 11.2. The van der Waals surface area contributed by atoms with Crippen LogP contribution in [-0.4, -0.2) is 15.9 Å². The molecule has 2 heterocycles. The first-order chi connectivity index (χ1) is 15.0. The number of hydrogen-bond acceptors (Lipinski definition) is 2. The number of aromatic amines is 1. The summed E-state index contributed by atoms with van der Waals surface area (Å²) in [4.78, 5) is 20.0. The number of carbonyl (C=O) groups is 1. The van der Waals surface area contributed by atoms with Gasteiger partial charge in [0.2, 0.25) is 5.91 Å². The lowest BCUT2D eigenvalue weighted by Gasteiger charge is -2.09. The van der Waals surface area contributed by atoms with Gasteiger partial charge in [0.25, 0.3) is 0 Å². The third-order valence-corrected chi connectivity index (χ3v) is 5.55. The van der Waals surface area contributed by atoms with E-state index in [1.807, 2.05) is 0 Å². The molecule has 0 spiro atoms. The van der Waals surface area contributed by atoms with Crippen molar-refractivity contribution in [3.63, 3.8) is 0 Å². The molecule has 0 saturated carbocycles. The quantitative estimate of drug-likeness (QED) is 0.390. The first-order valence-corrected chi connectivity index (χ1v) is 10.6. The largest absolute Gasteiger partial charge is 0.358 e. The van der Waals surface area contributed by atoms with Crippen LogP contribution in [0.1, 0.15) is 48.6 Å². The van der Waals surface area contributed by atoms with Gasteiger partial charge in [-0.15, -0.1) is 0 Å². The zero-order chi connectivity index (χ0) is 21.8. The highest BCUT2D eigenvalue weighted by Gasteiger charge is 2.15. The predicted octanol–water partition coefficient (Wildman–Crippen LogP) is 5.99. The number of anilines is 1. The molecule has 4 rings (SSSR count). The first-order valence-electron chi connectivity index (χ1n) is 10.6. The van der Waals surface area contributed by atoms with E-state index in [4.69, 9.17) is 0 Å². The van der Waals surface area contributed by atoms with E-state index >= 15 is 0 Å². The summed E-state index contributed by atoms with van der Waals surface area (Å²) < 4.78 is 13.3. The van der Waals surface area contributed by atoms with Crippen molar-refractivity contribution in [2.75, 3.05) is 5.32 Å². The Bertz CT molecular complexity index is 1180. The topological polar surface area (TPSA) is 57.8 Å². The van der Waals surface area contributed by atoms with Gasteiger partial charge in [-0.25, -0.2) is 4.39 Å². The fourth-order valence-electron chi connectivity index (χ4n) is 3.82. The number of carbonyl (C=O) groups excluding carboxylic acids is 1. The van der Waals surface area contributed by atoms with Crippen LogP contribution in [0.4, 0.5) is 10.1 Å². The van der Waals surface area contributed by atoms with Crippen LogP contribution in [0, 0.1) is 5.82 Å². The summed E-state index contributed by atoms with van der Waals surface area (Å²) in [7, 11) is 0. The van der Waals surface area contributed by atoms with Crippen LogP contribution in [0.3, 0.4) is 0 Å². The predicted molar refractivity (Wildman–Crippen MR) is 123 cm³/mol. The summed E-state index contributed by atoms with van der Waals surface area (Å²) >= 11 is 0. The van der Waals surface area contributed by atoms with Gasteiger partial charge < -0.3 is 10.3 Å². The van der Waals surface area contributed by atoms with Gasteiger partial charge in [0.05, 0.1) is 0 Å². The van der Waals surface area contributed by atoms with Gasteiger partial charge in [-0.3, -0.25) is 9.78 Å². The maximum atomic E-state index is 13.3. The molecule has 0 atom stereocenters. The molecular formula is C26H26FN3O. The van der Waals surface area contributed by atoms with Crippen LogP contribution >= 0.6 is 0 Å². The molecule has 0 bridgehead atoms. The molecule has 0 aliphatic carbocycles. The molecule has 0 unspecified atom stereocenters. The number of rotatable bonds is 7. The molecule has 4 nitrogen and oxygen atoms in total. The lowest BCUT2D eigenvalue weighted by molar-refractivity contribution is -0.116. The second-order valence-electron chi connectivity index (χ2n) is 8.13. The summed E-state index contributed by atoms with van der Waals surface area (Å²) in [5.74, 6) is 0.144. The van der Waals surface area contributed by atoms with E-state index in [2.05, 4.69) is 47.3 Å². The van der Waals surface area contributed by atoms with Crippen LogP contribution in [0.15, 0.2) is 67.0 Å². The smallest absolute Gasteiger partial charge is 0.224 e. The molecule has 31 heavy (non-hydrogen) atoms. The number of nitrogens with zero attached hydrogens (tertiary/aromatic N) is 1. The van der Waals surface area contributed by atoms with Gasteiger partial charge in [0.15, 0.2) is 0 Å². The van der Waals surface area contributed by atoms with Gasteiger partial charge >= 0.3 is 0 Å². The standard InChI is InChI=1S/C26H26FN3O/c1-17(2)19-5-9-24-23(16-19)22(8-10-26(31)29-21-11-13-28-14-12-21)25(30-24)15-18-3-6-20(27)7-4-18/h3-7,9,11-14,16-17,30H,8,10,15H2,1-2H3,(H,28,29,31). The molecule has 1 amide bonds. The Morgan fingerprint density at radius 1 is 1.06 bits per heavy atom. The van der Waals surface area contributed by atoms with Crippen molar-refractivity contribution in [3.05, 3.63) is 95.2 Å². The second-order valence-corrected chi connectivity index (χ2v) is 8.13. The van der Waals surface area contributed by atoms with E-state index in [-0.39, 0.29) is 11.7 Å². The number of nitrogens with one attached hydrogen (secondary N) is 2. The molecule has 0 radical (unpaired) electrons. The zero-order valence-electron chi connectivity index (χ0n) is 17.8. The van der Waals surface area contributed by atoms with Crippen molar-refractivity contribution in [1.29, 1.82) is 0 Å². The molecule has 2 N–H and O–H groups in total. The van der Waals surface area contributed by atoms with E-state index in [0.717, 1.165) is 33.4 Å². The van der Waals surface area contributed by atoms with Crippen LogP contribution < -0.4 is 5.32 Å². The van der Waals surface area contributed by atoms with Crippen molar-refractivity contribution >= 4 is 22.5 Å². The lowest BCUT2D eigenvalue weighted by Crippen LogP contribution is -2.12. The van der Waals surface area contributed by atoms with Crippen LogP contribution in [0.5, 0.6) is 0 Å². The number of benzene rings is 2. The Balaban J connectivity index is 1.62. The Hall–Kier alpha value is -3.47. The molecule has 0 aliphatic rings. The summed E-state index contributed by atoms with van der Waals surface area (Å²) in [5.41, 5.74) is 6.31. The monoisotopic (exact) mass is 415 g/mol. The maximum absolute atomic E-state index is 13.3. The fourth-order valence-corrected chi connectivity index (χ4v) is 3.82. The van der Waals surface area contributed by atoms with E-state index in [1.54, 1.807) is 36.7 Å². The third kappa shape index (κ3) is 5.00. The molecule has 2 aromatic heterocycles. The van der Waals surface area contributed by atoms with E-state index < -0.39 is 0 Å². The molecule has 0 fully saturated rings.